The van der Waals surface area contributed by atoms with Crippen LogP contribution in [0.5, 0.6) is 0 Å². The minimum absolute atomic E-state index is 0. The third-order valence-corrected chi connectivity index (χ3v) is 10.8. The number of halogens is 5. The second-order valence-corrected chi connectivity index (χ2v) is 12.5. The molecule has 0 saturated carbocycles. The highest BCUT2D eigenvalue weighted by Crippen LogP contribution is 2.63. The number of rotatable bonds is 6. The molecule has 2 nitrogen and oxygen atoms in total. The third-order valence-electron chi connectivity index (χ3n) is 5.35. The van der Waals surface area contributed by atoms with Crippen molar-refractivity contribution in [1.29, 1.82) is 0 Å². The van der Waals surface area contributed by atoms with Crippen molar-refractivity contribution >= 4 is 75.5 Å². The largest absolute Gasteiger partial charge is 1.00 e. The van der Waals surface area contributed by atoms with Gasteiger partial charge in [-0.3, -0.25) is 10.1 Å². The van der Waals surface area contributed by atoms with E-state index in [2.05, 4.69) is 5.32 Å². The highest BCUT2D eigenvalue weighted by molar-refractivity contribution is 7.99. The normalized spacial score (nSPS) is 10.7. The lowest BCUT2D eigenvalue weighted by Crippen LogP contribution is -3.00. The molecule has 0 radical (unpaired) electrons. The average Bonchev–Trinajstić information content (AvgIpc) is 2.85. The fourth-order valence-corrected chi connectivity index (χ4v) is 9.29. The molecule has 0 saturated heterocycles. The van der Waals surface area contributed by atoms with Gasteiger partial charge in [-0.2, -0.15) is 0 Å². The molecule has 0 spiro atoms. The Morgan fingerprint density at radius 3 is 1.46 bits per heavy atom. The van der Waals surface area contributed by atoms with E-state index in [0.717, 1.165) is 15.9 Å². The van der Waals surface area contributed by atoms with Crippen LogP contribution < -0.4 is 33.6 Å². The second-order valence-electron chi connectivity index (χ2n) is 7.36. The van der Waals surface area contributed by atoms with Crippen LogP contribution in [-0.2, 0) is 0 Å². The van der Waals surface area contributed by atoms with Crippen LogP contribution in [0.15, 0.2) is 119 Å². The minimum atomic E-state index is -2.70. The van der Waals surface area contributed by atoms with E-state index in [-0.39, 0.29) is 27.5 Å². The van der Waals surface area contributed by atoms with Crippen LogP contribution in [0.25, 0.3) is 0 Å². The topological polar surface area (TPSA) is 29.1 Å². The smallest absolute Gasteiger partial charge is 0.259 e. The van der Waals surface area contributed by atoms with Gasteiger partial charge in [-0.1, -0.05) is 101 Å². The molecule has 1 amide bonds. The van der Waals surface area contributed by atoms with E-state index in [9.17, 15) is 4.79 Å². The van der Waals surface area contributed by atoms with Gasteiger partial charge in [0.05, 0.1) is 10.6 Å². The number of carbonyl (C=O) groups excluding carboxylic acids is 1. The van der Waals surface area contributed by atoms with Crippen molar-refractivity contribution in [2.24, 2.45) is 0 Å². The zero-order chi connectivity index (χ0) is 24.1. The third kappa shape index (κ3) is 5.70. The summed E-state index contributed by atoms with van der Waals surface area (Å²) in [6, 6.07) is 34.6. The maximum absolute atomic E-state index is 13.5. The summed E-state index contributed by atoms with van der Waals surface area (Å²) in [6.07, 6.45) is 0. The van der Waals surface area contributed by atoms with Crippen molar-refractivity contribution < 1.29 is 17.2 Å². The Bertz CT molecular complexity index is 1230. The number of hydrogen-bond acceptors (Lipinski definition) is 1. The monoisotopic (exact) mass is 579 g/mol. The van der Waals surface area contributed by atoms with E-state index in [1.807, 2.05) is 91.0 Å². The minimum Gasteiger partial charge on any atom is -1.00 e. The molecule has 0 aliphatic rings. The fraction of sp³-hybridized carbons (Fsp3) is 0. The van der Waals surface area contributed by atoms with Gasteiger partial charge in [0, 0.05) is 5.02 Å². The molecule has 0 fully saturated rings. The highest BCUT2D eigenvalue weighted by Gasteiger charge is 2.52. The Morgan fingerprint density at radius 1 is 0.657 bits per heavy atom. The molecule has 4 rings (SSSR count). The number of carbonyl (C=O) groups is 1. The van der Waals surface area contributed by atoms with Gasteiger partial charge in [0.1, 0.15) is 15.9 Å². The molecule has 0 unspecified atom stereocenters. The van der Waals surface area contributed by atoms with Crippen LogP contribution in [0.2, 0.25) is 10.0 Å². The molecule has 178 valence electrons. The van der Waals surface area contributed by atoms with Gasteiger partial charge in [0.15, 0.2) is 11.8 Å². The first-order valence-corrected chi connectivity index (χ1v) is 13.6. The summed E-state index contributed by atoms with van der Waals surface area (Å²) in [7, 11) is -2.70. The Labute approximate surface area is 231 Å². The van der Waals surface area contributed by atoms with E-state index < -0.39 is 13.2 Å². The number of benzene rings is 4. The quantitative estimate of drug-likeness (QED) is 0.338. The number of amides is 1. The summed E-state index contributed by atoms with van der Waals surface area (Å²) in [5, 5.41) is 6.67. The van der Waals surface area contributed by atoms with Crippen LogP contribution in [-0.4, -0.2) is 5.91 Å². The molecule has 4 aromatic carbocycles. The molecule has 8 heteroatoms. The van der Waals surface area contributed by atoms with Crippen LogP contribution in [0.1, 0.15) is 10.4 Å². The predicted molar refractivity (Wildman–Crippen MR) is 148 cm³/mol. The molecule has 4 aromatic rings. The molecule has 0 heterocycles. The average molecular weight is 582 g/mol. The lowest BCUT2D eigenvalue weighted by Gasteiger charge is -2.29. The molecule has 0 aliphatic carbocycles. The summed E-state index contributed by atoms with van der Waals surface area (Å²) in [6.45, 7) is 0. The molecular formula is C27H19Cl5NOP. The fourth-order valence-electron chi connectivity index (χ4n) is 3.90. The van der Waals surface area contributed by atoms with Crippen LogP contribution in [0.3, 0.4) is 0 Å². The van der Waals surface area contributed by atoms with Crippen molar-refractivity contribution in [1.82, 2.24) is 5.32 Å². The van der Waals surface area contributed by atoms with Gasteiger partial charge < -0.3 is 12.4 Å². The van der Waals surface area contributed by atoms with Crippen molar-refractivity contribution in [2.45, 2.75) is 0 Å². The summed E-state index contributed by atoms with van der Waals surface area (Å²) in [4.78, 5) is 13.5. The van der Waals surface area contributed by atoms with Crippen molar-refractivity contribution in [3.63, 3.8) is 0 Å². The molecule has 0 aromatic heterocycles. The SMILES string of the molecule is O=C(NC(=C(Cl)Cl)[P+](c1ccccc1)(c1ccccc1)c1ccccc1)c1ccc(Cl)cc1Cl.[Cl-]. The summed E-state index contributed by atoms with van der Waals surface area (Å²) in [5.41, 5.74) is 0.695. The van der Waals surface area contributed by atoms with Gasteiger partial charge >= 0.3 is 0 Å². The summed E-state index contributed by atoms with van der Waals surface area (Å²) in [5.74, 6) is -0.428. The van der Waals surface area contributed by atoms with Crippen LogP contribution in [0, 0.1) is 0 Å². The van der Waals surface area contributed by atoms with Gasteiger partial charge in [-0.25, -0.2) is 0 Å². The second kappa shape index (κ2) is 12.3. The molecular weight excluding hydrogens is 563 g/mol. The summed E-state index contributed by atoms with van der Waals surface area (Å²) < 4.78 is -0.0247. The Hall–Kier alpha value is -2.03. The van der Waals surface area contributed by atoms with E-state index in [0.29, 0.717) is 10.5 Å². The predicted octanol–water partition coefficient (Wildman–Crippen LogP) is 4.33. The molecule has 0 bridgehead atoms. The zero-order valence-electron chi connectivity index (χ0n) is 18.1. The molecule has 1 N–H and O–H groups in total. The van der Waals surface area contributed by atoms with E-state index >= 15 is 0 Å². The first kappa shape index (κ1) is 27.6. The number of nitrogens with one attached hydrogen (secondary N) is 1. The molecule has 0 aliphatic heterocycles. The van der Waals surface area contributed by atoms with E-state index in [1.54, 1.807) is 12.1 Å². The highest BCUT2D eigenvalue weighted by atomic mass is 35.5. The lowest BCUT2D eigenvalue weighted by atomic mass is 10.2. The van der Waals surface area contributed by atoms with Gasteiger partial charge in [-0.05, 0) is 54.6 Å². The van der Waals surface area contributed by atoms with E-state index in [4.69, 9.17) is 46.4 Å². The van der Waals surface area contributed by atoms with Crippen LogP contribution in [0.4, 0.5) is 0 Å². The van der Waals surface area contributed by atoms with Gasteiger partial charge in [0.2, 0.25) is 5.44 Å². The maximum Gasteiger partial charge on any atom is 0.259 e. The number of hydrogen-bond donors (Lipinski definition) is 1. The lowest BCUT2D eigenvalue weighted by molar-refractivity contribution is -0.0000145. The van der Waals surface area contributed by atoms with Crippen molar-refractivity contribution in [3.05, 3.63) is 135 Å². The standard InChI is InChI=1S/C27H18Cl4NOP.ClH/c28-19-16-17-23(24(29)18-19)26(33)32-27(25(30)31)34(20-10-4-1-5-11-20,21-12-6-2-7-13-21)22-14-8-3-9-15-22;/h1-18H;1H. The van der Waals surface area contributed by atoms with Gasteiger partial charge in [0.25, 0.3) is 5.91 Å². The first-order valence-electron chi connectivity index (χ1n) is 10.3. The van der Waals surface area contributed by atoms with Gasteiger partial charge in [-0.15, -0.1) is 0 Å². The van der Waals surface area contributed by atoms with Crippen molar-refractivity contribution in [3.8, 4) is 0 Å². The Morgan fingerprint density at radius 2 is 1.09 bits per heavy atom. The first-order chi connectivity index (χ1) is 16.4. The Kier molecular flexibility index (Phi) is 9.67. The Balaban J connectivity index is 0.00000342. The molecule has 0 atom stereocenters. The summed E-state index contributed by atoms with van der Waals surface area (Å²) >= 11 is 25.5. The van der Waals surface area contributed by atoms with E-state index in [1.165, 1.54) is 6.07 Å². The zero-order valence-corrected chi connectivity index (χ0v) is 22.8. The van der Waals surface area contributed by atoms with Crippen molar-refractivity contribution in [2.75, 3.05) is 0 Å². The maximum atomic E-state index is 13.5. The van der Waals surface area contributed by atoms with Crippen LogP contribution >= 0.6 is 53.7 Å². The molecule has 35 heavy (non-hydrogen) atoms.